The average molecular weight is 336 g/mol. The van der Waals surface area contributed by atoms with Crippen molar-refractivity contribution in [3.05, 3.63) is 23.3 Å². The summed E-state index contributed by atoms with van der Waals surface area (Å²) < 4.78 is 5.60. The summed E-state index contributed by atoms with van der Waals surface area (Å²) in [6.07, 6.45) is 5.83. The molecule has 5 heteroatoms. The number of cyclic esters (lactones) is 1. The molecule has 134 valence electrons. The molecule has 3 N–H and O–H groups in total. The lowest BCUT2D eigenvalue weighted by molar-refractivity contribution is -0.00715. The number of aliphatic hydroxyl groups is 1. The Hall–Kier alpha value is -1.75. The second-order valence-electron chi connectivity index (χ2n) is 7.29. The first-order valence-electron chi connectivity index (χ1n) is 8.75. The van der Waals surface area contributed by atoms with E-state index >= 15 is 0 Å². The van der Waals surface area contributed by atoms with Gasteiger partial charge in [0.2, 0.25) is 0 Å². The van der Waals surface area contributed by atoms with Crippen molar-refractivity contribution in [1.29, 1.82) is 0 Å². The Kier molecular flexibility index (Phi) is 6.10. The molecular weight excluding hydrogens is 308 g/mol. The molecule has 1 aromatic carbocycles. The van der Waals surface area contributed by atoms with Crippen molar-refractivity contribution < 1.29 is 24.9 Å². The third kappa shape index (κ3) is 5.13. The van der Waals surface area contributed by atoms with E-state index in [9.17, 15) is 20.1 Å². The number of benzene rings is 1. The minimum Gasteiger partial charge on any atom is -0.508 e. The van der Waals surface area contributed by atoms with Gasteiger partial charge in [0.05, 0.1) is 6.10 Å². The predicted molar refractivity (Wildman–Crippen MR) is 91.3 cm³/mol. The van der Waals surface area contributed by atoms with Crippen LogP contribution in [0.25, 0.3) is 0 Å². The third-order valence-electron chi connectivity index (χ3n) is 4.56. The molecule has 0 spiro atoms. The fraction of sp³-hybridized carbons (Fsp3) is 0.632. The first kappa shape index (κ1) is 18.6. The van der Waals surface area contributed by atoms with E-state index in [-0.39, 0.29) is 23.2 Å². The molecule has 1 aromatic rings. The zero-order chi connectivity index (χ0) is 17.7. The van der Waals surface area contributed by atoms with Crippen LogP contribution in [-0.4, -0.2) is 33.0 Å². The van der Waals surface area contributed by atoms with E-state index in [1.54, 1.807) is 0 Å². The Morgan fingerprint density at radius 2 is 1.79 bits per heavy atom. The number of hydrogen-bond acceptors (Lipinski definition) is 5. The van der Waals surface area contributed by atoms with Crippen LogP contribution in [0.4, 0.5) is 0 Å². The van der Waals surface area contributed by atoms with Gasteiger partial charge in [-0.3, -0.25) is 0 Å². The van der Waals surface area contributed by atoms with Crippen LogP contribution in [0.2, 0.25) is 0 Å². The number of carbonyl (C=O) groups is 1. The van der Waals surface area contributed by atoms with Gasteiger partial charge >= 0.3 is 5.97 Å². The van der Waals surface area contributed by atoms with Crippen LogP contribution in [0, 0.1) is 0 Å². The minimum atomic E-state index is -0.678. The number of aliphatic hydroxyl groups excluding tert-OH is 1. The first-order chi connectivity index (χ1) is 11.3. The number of rotatable bonds is 0. The lowest BCUT2D eigenvalue weighted by Crippen LogP contribution is -2.29. The summed E-state index contributed by atoms with van der Waals surface area (Å²) >= 11 is 0. The van der Waals surface area contributed by atoms with Crippen LogP contribution in [0.5, 0.6) is 11.5 Å². The molecule has 0 fully saturated rings. The van der Waals surface area contributed by atoms with Crippen molar-refractivity contribution >= 4 is 5.97 Å². The molecule has 2 rings (SSSR count). The van der Waals surface area contributed by atoms with E-state index in [0.29, 0.717) is 24.8 Å². The Labute approximate surface area is 143 Å². The maximum absolute atomic E-state index is 12.6. The fourth-order valence-electron chi connectivity index (χ4n) is 3.23. The monoisotopic (exact) mass is 336 g/mol. The molecule has 0 aromatic heterocycles. The molecule has 24 heavy (non-hydrogen) atoms. The van der Waals surface area contributed by atoms with Crippen LogP contribution in [0.1, 0.15) is 74.7 Å². The van der Waals surface area contributed by atoms with E-state index in [2.05, 4.69) is 0 Å². The van der Waals surface area contributed by atoms with E-state index in [1.165, 1.54) is 12.1 Å². The zero-order valence-corrected chi connectivity index (χ0v) is 14.5. The topological polar surface area (TPSA) is 87.0 Å². The number of fused-ring (bicyclic) bond motifs is 1. The van der Waals surface area contributed by atoms with Crippen molar-refractivity contribution in [1.82, 2.24) is 0 Å². The molecule has 0 saturated carbocycles. The lowest BCUT2D eigenvalue weighted by atomic mass is 9.95. The largest absolute Gasteiger partial charge is 0.508 e. The van der Waals surface area contributed by atoms with E-state index < -0.39 is 11.6 Å². The fourth-order valence-corrected chi connectivity index (χ4v) is 3.23. The minimum absolute atomic E-state index is 0.0603. The summed E-state index contributed by atoms with van der Waals surface area (Å²) in [5.41, 5.74) is 0.0755. The number of phenols is 2. The maximum atomic E-state index is 12.6. The second kappa shape index (κ2) is 7.88. The van der Waals surface area contributed by atoms with Gasteiger partial charge in [0.1, 0.15) is 22.7 Å². The Bertz CT molecular complexity index is 579. The molecule has 0 unspecified atom stereocenters. The summed E-state index contributed by atoms with van der Waals surface area (Å²) in [4.78, 5) is 12.6. The normalized spacial score (nSPS) is 23.0. The molecule has 0 aliphatic carbocycles. The predicted octanol–water partition coefficient (Wildman–Crippen LogP) is 3.68. The molecule has 0 radical (unpaired) electrons. The smallest absolute Gasteiger partial charge is 0.342 e. The van der Waals surface area contributed by atoms with Gasteiger partial charge in [0.25, 0.3) is 0 Å². The Morgan fingerprint density at radius 1 is 1.08 bits per heavy atom. The van der Waals surface area contributed by atoms with Gasteiger partial charge < -0.3 is 20.1 Å². The highest BCUT2D eigenvalue weighted by atomic mass is 16.6. The molecule has 5 nitrogen and oxygen atoms in total. The van der Waals surface area contributed by atoms with Crippen molar-refractivity contribution in [3.63, 3.8) is 0 Å². The molecule has 0 saturated heterocycles. The van der Waals surface area contributed by atoms with Crippen molar-refractivity contribution in [2.45, 2.75) is 76.9 Å². The standard InChI is InChI=1S/C19H28O5/c1-19(2)10-6-9-14(20)8-5-3-4-7-13-11-15(21)12-16(22)17(13)18(23)24-19/h11-12,14,20-22H,3-10H2,1-2H3/t14-/m1/s1. The van der Waals surface area contributed by atoms with Gasteiger partial charge in [-0.15, -0.1) is 0 Å². The maximum Gasteiger partial charge on any atom is 0.342 e. The molecule has 1 aliphatic rings. The molecule has 0 bridgehead atoms. The number of aromatic hydroxyl groups is 2. The van der Waals surface area contributed by atoms with Gasteiger partial charge in [-0.2, -0.15) is 0 Å². The van der Waals surface area contributed by atoms with Crippen LogP contribution in [-0.2, 0) is 11.2 Å². The van der Waals surface area contributed by atoms with Crippen LogP contribution in [0.15, 0.2) is 12.1 Å². The van der Waals surface area contributed by atoms with Gasteiger partial charge in [0, 0.05) is 6.07 Å². The number of aryl methyl sites for hydroxylation is 1. The van der Waals surface area contributed by atoms with Crippen molar-refractivity contribution in [2.24, 2.45) is 0 Å². The van der Waals surface area contributed by atoms with E-state index in [1.807, 2.05) is 13.8 Å². The summed E-state index contributed by atoms with van der Waals surface area (Å²) in [5, 5.41) is 29.8. The SMILES string of the molecule is CC1(C)CCC[C@H](O)CCCCCc2cc(O)cc(O)c2C(=O)O1. The highest BCUT2D eigenvalue weighted by Gasteiger charge is 2.27. The lowest BCUT2D eigenvalue weighted by Gasteiger charge is -2.26. The molecule has 0 amide bonds. The van der Waals surface area contributed by atoms with E-state index in [4.69, 9.17) is 4.74 Å². The number of carbonyl (C=O) groups excluding carboxylic acids is 1. The van der Waals surface area contributed by atoms with Crippen LogP contribution >= 0.6 is 0 Å². The van der Waals surface area contributed by atoms with Gasteiger partial charge in [0.15, 0.2) is 0 Å². The van der Waals surface area contributed by atoms with Crippen molar-refractivity contribution in [2.75, 3.05) is 0 Å². The number of phenolic OH excluding ortho intramolecular Hbond substituents is 2. The summed E-state index contributed by atoms with van der Waals surface area (Å²) in [5.74, 6) is -0.867. The number of ether oxygens (including phenoxy) is 1. The van der Waals surface area contributed by atoms with Crippen molar-refractivity contribution in [3.8, 4) is 11.5 Å². The third-order valence-corrected chi connectivity index (χ3v) is 4.56. The van der Waals surface area contributed by atoms with Gasteiger partial charge in [-0.25, -0.2) is 4.79 Å². The van der Waals surface area contributed by atoms with Crippen LogP contribution in [0.3, 0.4) is 0 Å². The molecule has 1 aliphatic heterocycles. The summed E-state index contributed by atoms with van der Waals surface area (Å²) in [6, 6.07) is 2.69. The first-order valence-corrected chi connectivity index (χ1v) is 8.75. The van der Waals surface area contributed by atoms with E-state index in [0.717, 1.165) is 32.1 Å². The second-order valence-corrected chi connectivity index (χ2v) is 7.29. The Balaban J connectivity index is 2.28. The molecular formula is C19H28O5. The number of hydrogen-bond donors (Lipinski definition) is 3. The highest BCUT2D eigenvalue weighted by Crippen LogP contribution is 2.31. The molecule has 1 heterocycles. The average Bonchev–Trinajstić information content (AvgIpc) is 2.44. The highest BCUT2D eigenvalue weighted by molar-refractivity contribution is 5.94. The summed E-state index contributed by atoms with van der Waals surface area (Å²) in [6.45, 7) is 3.67. The number of esters is 1. The van der Waals surface area contributed by atoms with Crippen LogP contribution < -0.4 is 0 Å². The summed E-state index contributed by atoms with van der Waals surface area (Å²) in [7, 11) is 0. The quantitative estimate of drug-likeness (QED) is 0.629. The Morgan fingerprint density at radius 3 is 2.54 bits per heavy atom. The van der Waals surface area contributed by atoms with Gasteiger partial charge in [-0.1, -0.05) is 12.8 Å². The van der Waals surface area contributed by atoms with Gasteiger partial charge in [-0.05, 0) is 64.0 Å². The zero-order valence-electron chi connectivity index (χ0n) is 14.5. The molecule has 1 atom stereocenters.